The number of ether oxygens (including phenoxy) is 1. The fraction of sp³-hybridized carbons (Fsp3) is 0.667. The van der Waals surface area contributed by atoms with Gasteiger partial charge in [0.15, 0.2) is 0 Å². The number of piperidine rings is 1. The van der Waals surface area contributed by atoms with E-state index in [1.165, 1.54) is 49.8 Å². The zero-order valence-electron chi connectivity index (χ0n) is 13.1. The first-order chi connectivity index (χ1) is 10.3. The summed E-state index contributed by atoms with van der Waals surface area (Å²) in [5.41, 5.74) is 2.95. The molecule has 1 N–H and O–H groups in total. The molecule has 2 bridgehead atoms. The largest absolute Gasteiger partial charge is 0.497 e. The fourth-order valence-corrected chi connectivity index (χ4v) is 4.97. The van der Waals surface area contributed by atoms with Gasteiger partial charge < -0.3 is 10.1 Å². The smallest absolute Gasteiger partial charge is 0.119 e. The lowest BCUT2D eigenvalue weighted by Gasteiger charge is -2.43. The second-order valence-corrected chi connectivity index (χ2v) is 6.97. The molecule has 21 heavy (non-hydrogen) atoms. The number of nitrogens with one attached hydrogen (secondary N) is 1. The molecule has 3 aliphatic rings. The van der Waals surface area contributed by atoms with Crippen LogP contribution < -0.4 is 10.1 Å². The fourth-order valence-electron chi connectivity index (χ4n) is 4.97. The number of fused-ring (bicyclic) bond motifs is 3. The van der Waals surface area contributed by atoms with Crippen LogP contribution in [0, 0.1) is 5.92 Å². The number of aryl methyl sites for hydroxylation is 1. The number of hydrogen-bond donors (Lipinski definition) is 1. The number of likely N-dealkylation sites (N-methyl/N-ethyl adjacent to an activating group) is 1. The van der Waals surface area contributed by atoms with Crippen molar-refractivity contribution in [3.8, 4) is 5.75 Å². The Morgan fingerprint density at radius 3 is 2.81 bits per heavy atom. The van der Waals surface area contributed by atoms with Crippen LogP contribution in [0.5, 0.6) is 5.75 Å². The number of likely N-dealkylation sites (tertiary alicyclic amines) is 1. The average Bonchev–Trinajstić information content (AvgIpc) is 3.16. The van der Waals surface area contributed by atoms with E-state index in [0.717, 1.165) is 17.7 Å². The van der Waals surface area contributed by atoms with E-state index >= 15 is 0 Å². The molecule has 1 aromatic carbocycles. The zero-order chi connectivity index (χ0) is 14.4. The van der Waals surface area contributed by atoms with Crippen molar-refractivity contribution in [1.82, 2.24) is 10.2 Å². The maximum absolute atomic E-state index is 5.44. The molecule has 0 amide bonds. The third-order valence-electron chi connectivity index (χ3n) is 5.97. The number of hydrogen-bond acceptors (Lipinski definition) is 3. The highest BCUT2D eigenvalue weighted by molar-refractivity contribution is 5.40. The van der Waals surface area contributed by atoms with Crippen LogP contribution in [0.1, 0.15) is 42.9 Å². The quantitative estimate of drug-likeness (QED) is 0.924. The van der Waals surface area contributed by atoms with E-state index in [2.05, 4.69) is 35.5 Å². The third-order valence-corrected chi connectivity index (χ3v) is 5.97. The minimum absolute atomic E-state index is 0.447. The van der Waals surface area contributed by atoms with Gasteiger partial charge in [0, 0.05) is 24.7 Å². The van der Waals surface area contributed by atoms with Crippen LogP contribution in [0.2, 0.25) is 0 Å². The molecule has 0 spiro atoms. The van der Waals surface area contributed by atoms with Gasteiger partial charge in [-0.1, -0.05) is 6.07 Å². The predicted octanol–water partition coefficient (Wildman–Crippen LogP) is 2.75. The van der Waals surface area contributed by atoms with Gasteiger partial charge in [0.05, 0.1) is 7.11 Å². The molecule has 2 aliphatic carbocycles. The molecule has 1 aromatic rings. The van der Waals surface area contributed by atoms with Crippen molar-refractivity contribution in [3.63, 3.8) is 0 Å². The first-order valence-corrected chi connectivity index (χ1v) is 8.40. The highest BCUT2D eigenvalue weighted by Gasteiger charge is 2.44. The van der Waals surface area contributed by atoms with Gasteiger partial charge in [0.2, 0.25) is 0 Å². The van der Waals surface area contributed by atoms with Gasteiger partial charge in [-0.2, -0.15) is 0 Å². The van der Waals surface area contributed by atoms with Crippen LogP contribution in [-0.2, 0) is 6.42 Å². The Labute approximate surface area is 127 Å². The van der Waals surface area contributed by atoms with Crippen molar-refractivity contribution < 1.29 is 4.74 Å². The van der Waals surface area contributed by atoms with Crippen molar-refractivity contribution in [2.45, 2.75) is 50.2 Å². The van der Waals surface area contributed by atoms with Crippen molar-refractivity contribution in [2.75, 3.05) is 20.7 Å². The predicted molar refractivity (Wildman–Crippen MR) is 84.7 cm³/mol. The standard InChI is InChI=1S/C18H26N2O/c1-19-18-16-10-15(21-2)7-4-13(16)5-8-17(18)20-11-12-3-6-14(20)9-12/h4,7,10,12,14,17-19H,3,5-6,8-9,11H2,1-2H3. The van der Waals surface area contributed by atoms with Crippen LogP contribution in [-0.4, -0.2) is 37.7 Å². The van der Waals surface area contributed by atoms with E-state index in [1.807, 2.05) is 0 Å². The molecule has 1 saturated heterocycles. The molecule has 3 nitrogen and oxygen atoms in total. The highest BCUT2D eigenvalue weighted by Crippen LogP contribution is 2.43. The van der Waals surface area contributed by atoms with Gasteiger partial charge in [-0.25, -0.2) is 0 Å². The Bertz CT molecular complexity index is 530. The Morgan fingerprint density at radius 2 is 2.14 bits per heavy atom. The maximum atomic E-state index is 5.44. The van der Waals surface area contributed by atoms with Gasteiger partial charge in [-0.3, -0.25) is 4.90 Å². The number of nitrogens with zero attached hydrogens (tertiary/aromatic N) is 1. The molecule has 1 saturated carbocycles. The monoisotopic (exact) mass is 286 g/mol. The summed E-state index contributed by atoms with van der Waals surface area (Å²) in [5, 5.41) is 3.60. The molecule has 0 radical (unpaired) electrons. The lowest BCUT2D eigenvalue weighted by Crippen LogP contribution is -2.49. The molecule has 114 valence electrons. The van der Waals surface area contributed by atoms with Crippen molar-refractivity contribution in [2.24, 2.45) is 5.92 Å². The summed E-state index contributed by atoms with van der Waals surface area (Å²) in [6, 6.07) is 8.56. The summed E-state index contributed by atoms with van der Waals surface area (Å²) < 4.78 is 5.44. The maximum Gasteiger partial charge on any atom is 0.119 e. The number of benzene rings is 1. The summed E-state index contributed by atoms with van der Waals surface area (Å²) in [5.74, 6) is 1.96. The van der Waals surface area contributed by atoms with E-state index < -0.39 is 0 Å². The van der Waals surface area contributed by atoms with Gasteiger partial charge in [-0.15, -0.1) is 0 Å². The molecular formula is C18H26N2O. The first-order valence-electron chi connectivity index (χ1n) is 8.40. The molecule has 4 unspecified atom stereocenters. The first kappa shape index (κ1) is 13.6. The van der Waals surface area contributed by atoms with Gasteiger partial charge in [0.1, 0.15) is 5.75 Å². The number of rotatable bonds is 3. The average molecular weight is 286 g/mol. The van der Waals surface area contributed by atoms with E-state index in [1.54, 1.807) is 7.11 Å². The Morgan fingerprint density at radius 1 is 1.24 bits per heavy atom. The minimum atomic E-state index is 0.447. The van der Waals surface area contributed by atoms with Gasteiger partial charge >= 0.3 is 0 Å². The summed E-state index contributed by atoms with van der Waals surface area (Å²) in [7, 11) is 3.87. The molecule has 3 heteroatoms. The topological polar surface area (TPSA) is 24.5 Å². The third kappa shape index (κ3) is 2.18. The molecular weight excluding hydrogens is 260 g/mol. The van der Waals surface area contributed by atoms with Crippen LogP contribution in [0.15, 0.2) is 18.2 Å². The summed E-state index contributed by atoms with van der Waals surface area (Å²) in [6.07, 6.45) is 6.81. The van der Waals surface area contributed by atoms with Crippen LogP contribution in [0.25, 0.3) is 0 Å². The second kappa shape index (κ2) is 5.29. The summed E-state index contributed by atoms with van der Waals surface area (Å²) >= 11 is 0. The van der Waals surface area contributed by atoms with E-state index in [4.69, 9.17) is 4.74 Å². The van der Waals surface area contributed by atoms with Crippen molar-refractivity contribution >= 4 is 0 Å². The van der Waals surface area contributed by atoms with Crippen LogP contribution >= 0.6 is 0 Å². The Hall–Kier alpha value is -1.06. The van der Waals surface area contributed by atoms with E-state index in [9.17, 15) is 0 Å². The molecule has 1 heterocycles. The van der Waals surface area contributed by atoms with E-state index in [-0.39, 0.29) is 0 Å². The zero-order valence-corrected chi connectivity index (χ0v) is 13.1. The van der Waals surface area contributed by atoms with Crippen molar-refractivity contribution in [1.29, 1.82) is 0 Å². The Balaban J connectivity index is 1.64. The molecule has 0 aromatic heterocycles. The summed E-state index contributed by atoms with van der Waals surface area (Å²) in [4.78, 5) is 2.82. The molecule has 1 aliphatic heterocycles. The lowest BCUT2D eigenvalue weighted by molar-refractivity contribution is 0.107. The second-order valence-electron chi connectivity index (χ2n) is 6.97. The number of methoxy groups -OCH3 is 1. The van der Waals surface area contributed by atoms with Crippen LogP contribution in [0.3, 0.4) is 0 Å². The highest BCUT2D eigenvalue weighted by atomic mass is 16.5. The van der Waals surface area contributed by atoms with Crippen molar-refractivity contribution in [3.05, 3.63) is 29.3 Å². The molecule has 4 rings (SSSR count). The van der Waals surface area contributed by atoms with Gasteiger partial charge in [0.25, 0.3) is 0 Å². The SMILES string of the molecule is CNC1c2cc(OC)ccc2CCC1N1CC2CCC1C2. The van der Waals surface area contributed by atoms with E-state index in [0.29, 0.717) is 12.1 Å². The van der Waals surface area contributed by atoms with Gasteiger partial charge in [-0.05, 0) is 68.3 Å². The lowest BCUT2D eigenvalue weighted by atomic mass is 9.82. The minimum Gasteiger partial charge on any atom is -0.497 e. The molecule has 2 fully saturated rings. The van der Waals surface area contributed by atoms with Crippen LogP contribution in [0.4, 0.5) is 0 Å². The molecule has 4 atom stereocenters. The Kier molecular flexibility index (Phi) is 3.43. The summed E-state index contributed by atoms with van der Waals surface area (Å²) in [6.45, 7) is 1.33. The normalized spacial score (nSPS) is 35.0.